The minimum Gasteiger partial charge on any atom is -0.488 e. The molecule has 3 atom stereocenters. The molecule has 0 radical (unpaired) electrons. The van der Waals surface area contributed by atoms with Crippen molar-refractivity contribution in [2.24, 2.45) is 0 Å². The first-order valence-corrected chi connectivity index (χ1v) is 11.3. The number of esters is 1. The van der Waals surface area contributed by atoms with Gasteiger partial charge in [-0.2, -0.15) is 0 Å². The summed E-state index contributed by atoms with van der Waals surface area (Å²) < 4.78 is 15.7. The summed E-state index contributed by atoms with van der Waals surface area (Å²) in [6, 6.07) is 13.8. The monoisotopic (exact) mass is 486 g/mol. The Hall–Kier alpha value is -3.59. The van der Waals surface area contributed by atoms with Crippen molar-refractivity contribution in [1.29, 1.82) is 0 Å². The van der Waals surface area contributed by atoms with E-state index in [2.05, 4.69) is 15.4 Å². The number of methoxy groups -OCH3 is 1. The molecular weight excluding hydrogens is 452 g/mol. The second-order valence-electron chi connectivity index (χ2n) is 9.07. The molecule has 0 aliphatic carbocycles. The first kappa shape index (κ1) is 27.7. The molecule has 35 heavy (non-hydrogen) atoms. The summed E-state index contributed by atoms with van der Waals surface area (Å²) in [5.41, 5.74) is 1.16. The van der Waals surface area contributed by atoms with Gasteiger partial charge < -0.3 is 30.0 Å². The van der Waals surface area contributed by atoms with Crippen molar-refractivity contribution in [3.8, 4) is 5.75 Å². The number of carbonyl (C=O) groups excluding carboxylic acids is 3. The number of hydrogen-bond acceptors (Lipinski definition) is 7. The number of rotatable bonds is 10. The molecule has 0 aromatic heterocycles. The van der Waals surface area contributed by atoms with Gasteiger partial charge in [0.2, 0.25) is 5.91 Å². The van der Waals surface area contributed by atoms with Crippen LogP contribution in [0, 0.1) is 0 Å². The largest absolute Gasteiger partial charge is 0.488 e. The molecule has 2 aromatic carbocycles. The summed E-state index contributed by atoms with van der Waals surface area (Å²) >= 11 is 0. The minimum atomic E-state index is -1.29. The third-order valence-electron chi connectivity index (χ3n) is 4.84. The van der Waals surface area contributed by atoms with Gasteiger partial charge in [0.05, 0.1) is 13.2 Å². The number of benzene rings is 2. The van der Waals surface area contributed by atoms with E-state index >= 15 is 0 Å². The van der Waals surface area contributed by atoms with Gasteiger partial charge in [-0.1, -0.05) is 42.5 Å². The Morgan fingerprint density at radius 2 is 1.57 bits per heavy atom. The maximum atomic E-state index is 13.0. The average Bonchev–Trinajstić information content (AvgIpc) is 2.81. The van der Waals surface area contributed by atoms with Crippen LogP contribution < -0.4 is 15.4 Å². The van der Waals surface area contributed by atoms with Gasteiger partial charge in [0, 0.05) is 6.42 Å². The number of hydrogen-bond donors (Lipinski definition) is 3. The maximum Gasteiger partial charge on any atom is 0.408 e. The van der Waals surface area contributed by atoms with Crippen LogP contribution in [0.5, 0.6) is 5.75 Å². The Morgan fingerprint density at radius 1 is 0.943 bits per heavy atom. The highest BCUT2D eigenvalue weighted by Gasteiger charge is 2.31. The van der Waals surface area contributed by atoms with Gasteiger partial charge in [-0.3, -0.25) is 4.79 Å². The van der Waals surface area contributed by atoms with Crippen molar-refractivity contribution in [2.45, 2.75) is 64.5 Å². The number of nitrogens with one attached hydrogen (secondary N) is 2. The highest BCUT2D eigenvalue weighted by atomic mass is 16.5. The van der Waals surface area contributed by atoms with Gasteiger partial charge >= 0.3 is 12.1 Å². The van der Waals surface area contributed by atoms with Crippen molar-refractivity contribution >= 4 is 18.0 Å². The number of aliphatic hydroxyl groups is 1. The van der Waals surface area contributed by atoms with Crippen LogP contribution in [0.25, 0.3) is 0 Å². The first-order valence-electron chi connectivity index (χ1n) is 11.3. The fourth-order valence-corrected chi connectivity index (χ4v) is 3.16. The highest BCUT2D eigenvalue weighted by molar-refractivity contribution is 5.90. The predicted molar refractivity (Wildman–Crippen MR) is 130 cm³/mol. The first-order chi connectivity index (χ1) is 16.5. The lowest BCUT2D eigenvalue weighted by Gasteiger charge is -2.24. The van der Waals surface area contributed by atoms with E-state index in [9.17, 15) is 19.5 Å². The summed E-state index contributed by atoms with van der Waals surface area (Å²) in [7, 11) is 1.15. The normalized spacial score (nSPS) is 13.7. The van der Waals surface area contributed by atoms with Crippen LogP contribution in [0.2, 0.25) is 0 Å². The summed E-state index contributed by atoms with van der Waals surface area (Å²) in [4.78, 5) is 37.5. The van der Waals surface area contributed by atoms with Crippen LogP contribution in [0.4, 0.5) is 4.79 Å². The smallest absolute Gasteiger partial charge is 0.408 e. The Kier molecular flexibility index (Phi) is 10.1. The standard InChI is InChI=1S/C26H34N2O7/c1-17(29)22(24(31)33-5)28-23(30)21(27-25(32)34-16-19-9-7-6-8-10-19)15-18-11-13-20(14-12-18)35-26(2,3)4/h6-14,17,21-22,29H,15-16H2,1-5H3,(H,27,32)(H,28,30)/t17-,21-,22+/m1/s1. The zero-order valence-electron chi connectivity index (χ0n) is 20.7. The molecular formula is C26H34N2O7. The van der Waals surface area contributed by atoms with E-state index in [0.717, 1.165) is 18.2 Å². The maximum absolute atomic E-state index is 13.0. The molecule has 0 fully saturated rings. The third kappa shape index (κ3) is 9.66. The lowest BCUT2D eigenvalue weighted by molar-refractivity contribution is -0.148. The Balaban J connectivity index is 2.14. The molecule has 9 heteroatoms. The second kappa shape index (κ2) is 12.8. The fraction of sp³-hybridized carbons (Fsp3) is 0.423. The Morgan fingerprint density at radius 3 is 2.11 bits per heavy atom. The summed E-state index contributed by atoms with van der Waals surface area (Å²) in [6.07, 6.45) is -1.89. The van der Waals surface area contributed by atoms with Crippen molar-refractivity contribution < 1.29 is 33.7 Å². The molecule has 0 bridgehead atoms. The molecule has 3 N–H and O–H groups in total. The van der Waals surface area contributed by atoms with Gasteiger partial charge in [-0.05, 0) is 51.0 Å². The summed E-state index contributed by atoms with van der Waals surface area (Å²) in [6.45, 7) is 7.19. The Labute approximate surface area is 205 Å². The Bertz CT molecular complexity index is 969. The topological polar surface area (TPSA) is 123 Å². The van der Waals surface area contributed by atoms with Crippen LogP contribution in [0.1, 0.15) is 38.8 Å². The molecule has 0 spiro atoms. The van der Waals surface area contributed by atoms with Gasteiger partial charge in [0.15, 0.2) is 6.04 Å². The van der Waals surface area contributed by atoms with Crippen LogP contribution in [-0.4, -0.2) is 54.0 Å². The van der Waals surface area contributed by atoms with E-state index < -0.39 is 36.2 Å². The molecule has 0 aliphatic heterocycles. The van der Waals surface area contributed by atoms with E-state index in [1.807, 2.05) is 51.1 Å². The molecule has 2 rings (SSSR count). The van der Waals surface area contributed by atoms with E-state index in [4.69, 9.17) is 9.47 Å². The lowest BCUT2D eigenvalue weighted by Crippen LogP contribution is -2.55. The van der Waals surface area contributed by atoms with Crippen LogP contribution in [-0.2, 0) is 32.1 Å². The fourth-order valence-electron chi connectivity index (χ4n) is 3.16. The van der Waals surface area contributed by atoms with Gasteiger partial charge in [0.25, 0.3) is 0 Å². The summed E-state index contributed by atoms with van der Waals surface area (Å²) in [5, 5.41) is 14.9. The zero-order chi connectivity index (χ0) is 26.0. The average molecular weight is 487 g/mol. The molecule has 0 saturated carbocycles. The highest BCUT2D eigenvalue weighted by Crippen LogP contribution is 2.19. The molecule has 0 saturated heterocycles. The number of amides is 2. The van der Waals surface area contributed by atoms with Crippen molar-refractivity contribution in [2.75, 3.05) is 7.11 Å². The predicted octanol–water partition coefficient (Wildman–Crippen LogP) is 2.74. The van der Waals surface area contributed by atoms with Crippen molar-refractivity contribution in [3.05, 3.63) is 65.7 Å². The van der Waals surface area contributed by atoms with Gasteiger partial charge in [-0.15, -0.1) is 0 Å². The molecule has 9 nitrogen and oxygen atoms in total. The zero-order valence-corrected chi connectivity index (χ0v) is 20.7. The molecule has 190 valence electrons. The van der Waals surface area contributed by atoms with Crippen LogP contribution in [0.3, 0.4) is 0 Å². The minimum absolute atomic E-state index is 0.0261. The van der Waals surface area contributed by atoms with Crippen molar-refractivity contribution in [1.82, 2.24) is 10.6 Å². The number of alkyl carbamates (subject to hydrolysis) is 1. The van der Waals surface area contributed by atoms with Crippen LogP contribution >= 0.6 is 0 Å². The molecule has 0 heterocycles. The molecule has 0 unspecified atom stereocenters. The van der Waals surface area contributed by atoms with Crippen LogP contribution in [0.15, 0.2) is 54.6 Å². The van der Waals surface area contributed by atoms with E-state index in [1.54, 1.807) is 24.3 Å². The second-order valence-corrected chi connectivity index (χ2v) is 9.07. The molecule has 0 aliphatic rings. The number of aliphatic hydroxyl groups excluding tert-OH is 1. The van der Waals surface area contributed by atoms with E-state index in [-0.39, 0.29) is 18.6 Å². The number of ether oxygens (including phenoxy) is 3. The van der Waals surface area contributed by atoms with Crippen molar-refractivity contribution in [3.63, 3.8) is 0 Å². The quantitative estimate of drug-likeness (QED) is 0.441. The number of carbonyl (C=O) groups is 3. The molecule has 2 aromatic rings. The molecule has 2 amide bonds. The third-order valence-corrected chi connectivity index (χ3v) is 4.84. The lowest BCUT2D eigenvalue weighted by atomic mass is 10.0. The van der Waals surface area contributed by atoms with E-state index in [1.165, 1.54) is 6.92 Å². The van der Waals surface area contributed by atoms with Gasteiger partial charge in [-0.25, -0.2) is 9.59 Å². The SMILES string of the molecule is COC(=O)[C@@H](NC(=O)[C@@H](Cc1ccc(OC(C)(C)C)cc1)NC(=O)OCc1ccccc1)[C@@H](C)O. The van der Waals surface area contributed by atoms with E-state index in [0.29, 0.717) is 5.75 Å². The summed E-state index contributed by atoms with van der Waals surface area (Å²) in [5.74, 6) is -0.812. The van der Waals surface area contributed by atoms with Gasteiger partial charge in [0.1, 0.15) is 24.0 Å².